The second-order valence-corrected chi connectivity index (χ2v) is 6.94. The Bertz CT molecular complexity index is 941. The molecule has 0 fully saturated rings. The summed E-state index contributed by atoms with van der Waals surface area (Å²) in [6.07, 6.45) is 0. The van der Waals surface area contributed by atoms with Crippen LogP contribution in [0.25, 0.3) is 0 Å². The van der Waals surface area contributed by atoms with E-state index in [9.17, 15) is 22.4 Å². The van der Waals surface area contributed by atoms with Crippen molar-refractivity contribution in [1.29, 1.82) is 0 Å². The number of carbonyl (C=O) groups is 2. The van der Waals surface area contributed by atoms with Crippen molar-refractivity contribution in [1.82, 2.24) is 0 Å². The van der Waals surface area contributed by atoms with Crippen LogP contribution in [0.5, 0.6) is 0 Å². The van der Waals surface area contributed by atoms with Crippen molar-refractivity contribution in [3.8, 4) is 0 Å². The molecule has 7 nitrogen and oxygen atoms in total. The molecule has 0 saturated carbocycles. The lowest BCUT2D eigenvalue weighted by atomic mass is 10.1. The molecule has 144 valence electrons. The molecule has 0 atom stereocenters. The molecule has 0 aromatic heterocycles. The molecule has 0 aliphatic carbocycles. The molecule has 0 unspecified atom stereocenters. The van der Waals surface area contributed by atoms with Crippen LogP contribution in [-0.2, 0) is 19.5 Å². The van der Waals surface area contributed by atoms with Gasteiger partial charge in [-0.05, 0) is 56.3 Å². The third-order valence-corrected chi connectivity index (χ3v) is 4.78. The van der Waals surface area contributed by atoms with Crippen LogP contribution in [0.1, 0.15) is 34.6 Å². The first-order chi connectivity index (χ1) is 12.8. The highest BCUT2D eigenvalue weighted by atomic mass is 32.2. The highest BCUT2D eigenvalue weighted by Crippen LogP contribution is 2.23. The van der Waals surface area contributed by atoms with Gasteiger partial charge < -0.3 is 9.47 Å². The zero-order chi connectivity index (χ0) is 20.0. The number of sulfonamides is 1. The maximum Gasteiger partial charge on any atom is 0.340 e. The summed E-state index contributed by atoms with van der Waals surface area (Å²) in [4.78, 5) is 23.8. The van der Waals surface area contributed by atoms with E-state index in [2.05, 4.69) is 4.72 Å². The van der Waals surface area contributed by atoms with Gasteiger partial charge in [0.05, 0.1) is 34.9 Å². The van der Waals surface area contributed by atoms with Gasteiger partial charge in [0.1, 0.15) is 5.82 Å². The van der Waals surface area contributed by atoms with Crippen molar-refractivity contribution in [2.75, 3.05) is 17.9 Å². The van der Waals surface area contributed by atoms with Crippen molar-refractivity contribution < 1.29 is 31.9 Å². The zero-order valence-corrected chi connectivity index (χ0v) is 15.5. The summed E-state index contributed by atoms with van der Waals surface area (Å²) in [6.45, 7) is 3.45. The van der Waals surface area contributed by atoms with Crippen LogP contribution >= 0.6 is 0 Å². The Morgan fingerprint density at radius 3 is 2.15 bits per heavy atom. The molecule has 0 spiro atoms. The molecule has 27 heavy (non-hydrogen) atoms. The largest absolute Gasteiger partial charge is 0.462 e. The van der Waals surface area contributed by atoms with Gasteiger partial charge in [-0.2, -0.15) is 0 Å². The number of nitrogens with one attached hydrogen (secondary N) is 1. The Morgan fingerprint density at radius 1 is 0.963 bits per heavy atom. The lowest BCUT2D eigenvalue weighted by Gasteiger charge is -2.13. The smallest absolute Gasteiger partial charge is 0.340 e. The molecule has 2 rings (SSSR count). The number of hydrogen-bond acceptors (Lipinski definition) is 6. The van der Waals surface area contributed by atoms with Gasteiger partial charge in [0.2, 0.25) is 0 Å². The summed E-state index contributed by atoms with van der Waals surface area (Å²) in [5, 5.41) is 0. The van der Waals surface area contributed by atoms with Crippen LogP contribution in [0, 0.1) is 5.82 Å². The normalized spacial score (nSPS) is 10.9. The third-order valence-electron chi connectivity index (χ3n) is 3.39. The Hall–Kier alpha value is -2.94. The SMILES string of the molecule is CCOC(=O)c1ccc(C(=O)OCC)c(NS(=O)(=O)c2ccc(F)cc2)c1. The molecular weight excluding hydrogens is 377 g/mol. The molecular formula is C18H18FNO6S. The third kappa shape index (κ3) is 5.04. The molecule has 0 radical (unpaired) electrons. The van der Waals surface area contributed by atoms with E-state index in [1.807, 2.05) is 0 Å². The van der Waals surface area contributed by atoms with Gasteiger partial charge in [-0.1, -0.05) is 0 Å². The highest BCUT2D eigenvalue weighted by molar-refractivity contribution is 7.92. The topological polar surface area (TPSA) is 98.8 Å². The van der Waals surface area contributed by atoms with E-state index in [-0.39, 0.29) is 34.9 Å². The first kappa shape index (κ1) is 20.4. The molecule has 1 N–H and O–H groups in total. The van der Waals surface area contributed by atoms with Crippen molar-refractivity contribution in [3.63, 3.8) is 0 Å². The second-order valence-electron chi connectivity index (χ2n) is 5.26. The average molecular weight is 395 g/mol. The number of rotatable bonds is 7. The van der Waals surface area contributed by atoms with E-state index in [0.717, 1.165) is 24.3 Å². The van der Waals surface area contributed by atoms with Crippen molar-refractivity contribution >= 4 is 27.6 Å². The summed E-state index contributed by atoms with van der Waals surface area (Å²) >= 11 is 0. The van der Waals surface area contributed by atoms with Gasteiger partial charge in [0, 0.05) is 0 Å². The van der Waals surface area contributed by atoms with Gasteiger partial charge in [-0.15, -0.1) is 0 Å². The van der Waals surface area contributed by atoms with Gasteiger partial charge in [0.15, 0.2) is 0 Å². The van der Waals surface area contributed by atoms with Gasteiger partial charge >= 0.3 is 11.9 Å². The molecule has 0 amide bonds. The lowest BCUT2D eigenvalue weighted by molar-refractivity contribution is 0.0512. The Balaban J connectivity index is 2.47. The summed E-state index contributed by atoms with van der Waals surface area (Å²) in [5.41, 5.74) is -0.166. The number of benzene rings is 2. The molecule has 9 heteroatoms. The van der Waals surface area contributed by atoms with Gasteiger partial charge in [0.25, 0.3) is 10.0 Å². The molecule has 0 aliphatic heterocycles. The fourth-order valence-electron chi connectivity index (χ4n) is 2.17. The number of halogens is 1. The predicted molar refractivity (Wildman–Crippen MR) is 95.6 cm³/mol. The van der Waals surface area contributed by atoms with Crippen molar-refractivity contribution in [2.24, 2.45) is 0 Å². The fraction of sp³-hybridized carbons (Fsp3) is 0.222. The summed E-state index contributed by atoms with van der Waals surface area (Å²) in [6, 6.07) is 7.94. The molecule has 2 aromatic rings. The van der Waals surface area contributed by atoms with Gasteiger partial charge in [-0.25, -0.2) is 22.4 Å². The minimum atomic E-state index is -4.13. The average Bonchev–Trinajstić information content (AvgIpc) is 2.62. The second kappa shape index (κ2) is 8.63. The summed E-state index contributed by atoms with van der Waals surface area (Å²) in [7, 11) is -4.13. The maximum absolute atomic E-state index is 13.0. The molecule has 0 saturated heterocycles. The zero-order valence-electron chi connectivity index (χ0n) is 14.7. The number of anilines is 1. The van der Waals surface area contributed by atoms with E-state index >= 15 is 0 Å². The van der Waals surface area contributed by atoms with Crippen LogP contribution in [0.2, 0.25) is 0 Å². The minimum Gasteiger partial charge on any atom is -0.462 e. The van der Waals surface area contributed by atoms with E-state index in [4.69, 9.17) is 9.47 Å². The Labute approximate surface area is 156 Å². The number of carbonyl (C=O) groups excluding carboxylic acids is 2. The van der Waals surface area contributed by atoms with E-state index in [1.165, 1.54) is 18.2 Å². The van der Waals surface area contributed by atoms with E-state index in [0.29, 0.717) is 0 Å². The van der Waals surface area contributed by atoms with E-state index < -0.39 is 27.8 Å². The van der Waals surface area contributed by atoms with Crippen LogP contribution in [0.15, 0.2) is 47.4 Å². The van der Waals surface area contributed by atoms with Crippen molar-refractivity contribution in [2.45, 2.75) is 18.7 Å². The molecule has 0 bridgehead atoms. The monoisotopic (exact) mass is 395 g/mol. The van der Waals surface area contributed by atoms with Crippen LogP contribution < -0.4 is 4.72 Å². The number of hydrogen-bond donors (Lipinski definition) is 1. The standard InChI is InChI=1S/C18H18FNO6S/c1-3-25-17(21)12-5-10-15(18(22)26-4-2)16(11-12)20-27(23,24)14-8-6-13(19)7-9-14/h5-11,20H,3-4H2,1-2H3. The van der Waals surface area contributed by atoms with Crippen LogP contribution in [0.4, 0.5) is 10.1 Å². The number of esters is 2. The Morgan fingerprint density at radius 2 is 1.56 bits per heavy atom. The van der Waals surface area contributed by atoms with Crippen LogP contribution in [-0.4, -0.2) is 33.6 Å². The first-order valence-corrected chi connectivity index (χ1v) is 9.53. The van der Waals surface area contributed by atoms with E-state index in [1.54, 1.807) is 13.8 Å². The number of ether oxygens (including phenoxy) is 2. The lowest BCUT2D eigenvalue weighted by Crippen LogP contribution is -2.17. The fourth-order valence-corrected chi connectivity index (χ4v) is 3.25. The predicted octanol–water partition coefficient (Wildman–Crippen LogP) is 2.98. The summed E-state index contributed by atoms with van der Waals surface area (Å²) in [5.74, 6) is -2.02. The molecule has 0 aliphatic rings. The quantitative estimate of drug-likeness (QED) is 0.724. The van der Waals surface area contributed by atoms with Gasteiger partial charge in [-0.3, -0.25) is 4.72 Å². The highest BCUT2D eigenvalue weighted by Gasteiger charge is 2.21. The maximum atomic E-state index is 13.0. The van der Waals surface area contributed by atoms with Crippen LogP contribution in [0.3, 0.4) is 0 Å². The summed E-state index contributed by atoms with van der Waals surface area (Å²) < 4.78 is 50.2. The molecule has 0 heterocycles. The molecule has 2 aromatic carbocycles. The Kier molecular flexibility index (Phi) is 6.51. The minimum absolute atomic E-state index is 0.0571. The first-order valence-electron chi connectivity index (χ1n) is 8.05. The van der Waals surface area contributed by atoms with Crippen molar-refractivity contribution in [3.05, 3.63) is 59.4 Å².